The maximum atomic E-state index is 5.84. The molecule has 3 nitrogen and oxygen atoms in total. The first-order chi connectivity index (χ1) is 8.76. The molecule has 0 aromatic heterocycles. The highest BCUT2D eigenvalue weighted by molar-refractivity contribution is 14.0. The zero-order valence-electron chi connectivity index (χ0n) is 11.6. The third-order valence-corrected chi connectivity index (χ3v) is 2.92. The number of benzene rings is 1. The Labute approximate surface area is 138 Å². The Morgan fingerprint density at radius 3 is 2.42 bits per heavy atom. The van der Waals surface area contributed by atoms with Crippen LogP contribution in [-0.4, -0.2) is 19.6 Å². The summed E-state index contributed by atoms with van der Waals surface area (Å²) in [6.45, 7) is 3.92. The van der Waals surface area contributed by atoms with Crippen LogP contribution < -0.4 is 10.6 Å². The van der Waals surface area contributed by atoms with Gasteiger partial charge < -0.3 is 10.6 Å². The van der Waals surface area contributed by atoms with E-state index in [1.54, 1.807) is 7.05 Å². The van der Waals surface area contributed by atoms with Crippen LogP contribution in [0.15, 0.2) is 29.3 Å². The van der Waals surface area contributed by atoms with Crippen LogP contribution >= 0.6 is 35.6 Å². The van der Waals surface area contributed by atoms with Gasteiger partial charge in [0.2, 0.25) is 0 Å². The third kappa shape index (κ3) is 8.31. The van der Waals surface area contributed by atoms with Gasteiger partial charge in [0.05, 0.1) is 0 Å². The number of hydrogen-bond acceptors (Lipinski definition) is 1. The van der Waals surface area contributed by atoms with Gasteiger partial charge in [-0.25, -0.2) is 0 Å². The second kappa shape index (κ2) is 11.3. The number of guanidine groups is 1. The van der Waals surface area contributed by atoms with Crippen molar-refractivity contribution in [3.8, 4) is 0 Å². The Morgan fingerprint density at radius 2 is 1.84 bits per heavy atom. The SMILES string of the molecule is CCCCCNC(=NC)NCc1ccc(Cl)cc1.I. The van der Waals surface area contributed by atoms with Crippen LogP contribution in [0.3, 0.4) is 0 Å². The second-order valence-electron chi connectivity index (χ2n) is 4.19. The topological polar surface area (TPSA) is 36.4 Å². The van der Waals surface area contributed by atoms with Gasteiger partial charge in [-0.15, -0.1) is 24.0 Å². The van der Waals surface area contributed by atoms with E-state index in [9.17, 15) is 0 Å². The molecule has 0 aliphatic rings. The third-order valence-electron chi connectivity index (χ3n) is 2.67. The molecule has 0 amide bonds. The number of unbranched alkanes of at least 4 members (excludes halogenated alkanes) is 2. The Morgan fingerprint density at radius 1 is 1.16 bits per heavy atom. The van der Waals surface area contributed by atoms with Crippen LogP contribution in [0.5, 0.6) is 0 Å². The molecule has 1 rings (SSSR count). The Kier molecular flexibility index (Phi) is 11.1. The van der Waals surface area contributed by atoms with Gasteiger partial charge in [-0.3, -0.25) is 4.99 Å². The van der Waals surface area contributed by atoms with Crippen LogP contribution in [0.4, 0.5) is 0 Å². The maximum Gasteiger partial charge on any atom is 0.191 e. The van der Waals surface area contributed by atoms with Crippen molar-refractivity contribution in [1.82, 2.24) is 10.6 Å². The summed E-state index contributed by atoms with van der Waals surface area (Å²) in [4.78, 5) is 4.19. The Hall–Kier alpha value is -0.490. The lowest BCUT2D eigenvalue weighted by molar-refractivity contribution is 0.683. The molecule has 1 aromatic rings. The normalized spacial score (nSPS) is 10.8. The van der Waals surface area contributed by atoms with Crippen molar-refractivity contribution in [2.45, 2.75) is 32.7 Å². The molecule has 0 spiro atoms. The van der Waals surface area contributed by atoms with E-state index in [1.807, 2.05) is 24.3 Å². The van der Waals surface area contributed by atoms with Crippen molar-refractivity contribution >= 4 is 41.5 Å². The van der Waals surface area contributed by atoms with Crippen LogP contribution in [0.1, 0.15) is 31.7 Å². The molecule has 0 atom stereocenters. The van der Waals surface area contributed by atoms with Gasteiger partial charge in [0.25, 0.3) is 0 Å². The standard InChI is InChI=1S/C14H22ClN3.HI/c1-3-4-5-10-17-14(16-2)18-11-12-6-8-13(15)9-7-12;/h6-9H,3-5,10-11H2,1-2H3,(H2,16,17,18);1H. The predicted octanol–water partition coefficient (Wildman–Crippen LogP) is 3.81. The first-order valence-corrected chi connectivity index (χ1v) is 6.83. The van der Waals surface area contributed by atoms with E-state index in [0.717, 1.165) is 24.1 Å². The van der Waals surface area contributed by atoms with Gasteiger partial charge in [0.15, 0.2) is 5.96 Å². The van der Waals surface area contributed by atoms with Crippen molar-refractivity contribution in [2.75, 3.05) is 13.6 Å². The molecular weight excluding hydrogens is 373 g/mol. The molecule has 0 saturated heterocycles. The lowest BCUT2D eigenvalue weighted by Crippen LogP contribution is -2.37. The van der Waals surface area contributed by atoms with E-state index in [4.69, 9.17) is 11.6 Å². The number of aliphatic imine (C=N–C) groups is 1. The summed E-state index contributed by atoms with van der Waals surface area (Å²) in [7, 11) is 1.79. The minimum Gasteiger partial charge on any atom is -0.356 e. The van der Waals surface area contributed by atoms with Crippen LogP contribution in [-0.2, 0) is 6.54 Å². The maximum absolute atomic E-state index is 5.84. The second-order valence-corrected chi connectivity index (χ2v) is 4.62. The smallest absolute Gasteiger partial charge is 0.191 e. The molecule has 0 aliphatic heterocycles. The van der Waals surface area contributed by atoms with E-state index in [2.05, 4.69) is 22.5 Å². The fourth-order valence-corrected chi connectivity index (χ4v) is 1.72. The summed E-state index contributed by atoms with van der Waals surface area (Å²) in [5.41, 5.74) is 1.19. The minimum absolute atomic E-state index is 0. The summed E-state index contributed by atoms with van der Waals surface area (Å²) in [5, 5.41) is 7.34. The van der Waals surface area contributed by atoms with Gasteiger partial charge in [-0.2, -0.15) is 0 Å². The molecule has 0 saturated carbocycles. The Bertz CT molecular complexity index is 365. The quantitative estimate of drug-likeness (QED) is 0.332. The highest BCUT2D eigenvalue weighted by Crippen LogP contribution is 2.08. The van der Waals surface area contributed by atoms with Crippen molar-refractivity contribution in [2.24, 2.45) is 4.99 Å². The van der Waals surface area contributed by atoms with Gasteiger partial charge in [-0.05, 0) is 24.1 Å². The molecule has 108 valence electrons. The zero-order valence-corrected chi connectivity index (χ0v) is 14.7. The van der Waals surface area contributed by atoms with Crippen LogP contribution in [0.25, 0.3) is 0 Å². The van der Waals surface area contributed by atoms with Crippen LogP contribution in [0, 0.1) is 0 Å². The number of nitrogens with one attached hydrogen (secondary N) is 2. The molecule has 19 heavy (non-hydrogen) atoms. The summed E-state index contributed by atoms with van der Waals surface area (Å²) < 4.78 is 0. The monoisotopic (exact) mass is 395 g/mol. The first-order valence-electron chi connectivity index (χ1n) is 6.45. The van der Waals surface area contributed by atoms with Gasteiger partial charge in [0, 0.05) is 25.2 Å². The molecule has 1 aromatic carbocycles. The van der Waals surface area contributed by atoms with Crippen molar-refractivity contribution < 1.29 is 0 Å². The Balaban J connectivity index is 0.00000324. The molecule has 0 bridgehead atoms. The van der Waals surface area contributed by atoms with Gasteiger partial charge >= 0.3 is 0 Å². The highest BCUT2D eigenvalue weighted by atomic mass is 127. The minimum atomic E-state index is 0. The number of halogens is 2. The molecule has 5 heteroatoms. The van der Waals surface area contributed by atoms with Crippen molar-refractivity contribution in [3.63, 3.8) is 0 Å². The molecule has 0 fully saturated rings. The number of rotatable bonds is 6. The zero-order chi connectivity index (χ0) is 13.2. The predicted molar refractivity (Wildman–Crippen MR) is 94.6 cm³/mol. The van der Waals surface area contributed by atoms with E-state index in [1.165, 1.54) is 24.8 Å². The van der Waals surface area contributed by atoms with Gasteiger partial charge in [0.1, 0.15) is 0 Å². The molecular formula is C14H23ClIN3. The molecule has 0 unspecified atom stereocenters. The largest absolute Gasteiger partial charge is 0.356 e. The number of hydrogen-bond donors (Lipinski definition) is 2. The van der Waals surface area contributed by atoms with Gasteiger partial charge in [-0.1, -0.05) is 43.5 Å². The fraction of sp³-hybridized carbons (Fsp3) is 0.500. The lowest BCUT2D eigenvalue weighted by atomic mass is 10.2. The first kappa shape index (κ1) is 18.5. The van der Waals surface area contributed by atoms with E-state index < -0.39 is 0 Å². The molecule has 0 radical (unpaired) electrons. The van der Waals surface area contributed by atoms with E-state index in [-0.39, 0.29) is 24.0 Å². The van der Waals surface area contributed by atoms with E-state index >= 15 is 0 Å². The van der Waals surface area contributed by atoms with Crippen LogP contribution in [0.2, 0.25) is 5.02 Å². The average molecular weight is 396 g/mol. The van der Waals surface area contributed by atoms with E-state index in [0.29, 0.717) is 0 Å². The van der Waals surface area contributed by atoms with Crippen molar-refractivity contribution in [1.29, 1.82) is 0 Å². The summed E-state index contributed by atoms with van der Waals surface area (Å²) in [5.74, 6) is 0.848. The lowest BCUT2D eigenvalue weighted by Gasteiger charge is -2.11. The fourth-order valence-electron chi connectivity index (χ4n) is 1.59. The average Bonchev–Trinajstić information content (AvgIpc) is 2.40. The number of nitrogens with zero attached hydrogens (tertiary/aromatic N) is 1. The molecule has 0 heterocycles. The summed E-state index contributed by atoms with van der Waals surface area (Å²) in [6.07, 6.45) is 3.66. The summed E-state index contributed by atoms with van der Waals surface area (Å²) >= 11 is 5.84. The summed E-state index contributed by atoms with van der Waals surface area (Å²) in [6, 6.07) is 7.82. The highest BCUT2D eigenvalue weighted by Gasteiger charge is 1.97. The van der Waals surface area contributed by atoms with Crippen molar-refractivity contribution in [3.05, 3.63) is 34.9 Å². The molecule has 0 aliphatic carbocycles. The molecule has 2 N–H and O–H groups in total.